The number of hydrogen-bond donors (Lipinski definition) is 0. The molecule has 0 amide bonds. The number of rotatable bonds is 4. The first-order chi connectivity index (χ1) is 13.0. The predicted octanol–water partition coefficient (Wildman–Crippen LogP) is 5.28. The first-order valence-corrected chi connectivity index (χ1v) is 9.23. The lowest BCUT2D eigenvalue weighted by Crippen LogP contribution is -2.00. The van der Waals surface area contributed by atoms with Crippen LogP contribution in [-0.2, 0) is 4.74 Å². The van der Waals surface area contributed by atoms with Gasteiger partial charge >= 0.3 is 5.97 Å². The summed E-state index contributed by atoms with van der Waals surface area (Å²) in [7, 11) is 1.35. The smallest absolute Gasteiger partial charge is 0.337 e. The van der Waals surface area contributed by atoms with Crippen LogP contribution in [0.3, 0.4) is 0 Å². The van der Waals surface area contributed by atoms with E-state index in [1.807, 2.05) is 11.4 Å². The summed E-state index contributed by atoms with van der Waals surface area (Å²) in [6, 6.07) is 15.4. The van der Waals surface area contributed by atoms with E-state index in [4.69, 9.17) is 4.74 Å². The average molecular weight is 374 g/mol. The van der Waals surface area contributed by atoms with Gasteiger partial charge in [0.25, 0.3) is 0 Å². The number of ether oxygens (including phenoxy) is 1. The molecule has 2 aromatic carbocycles. The van der Waals surface area contributed by atoms with Gasteiger partial charge in [0.05, 0.1) is 23.9 Å². The first kappa shape index (κ1) is 18.6. The van der Waals surface area contributed by atoms with Gasteiger partial charge in [0.15, 0.2) is 0 Å². The predicted molar refractivity (Wildman–Crippen MR) is 108 cm³/mol. The van der Waals surface area contributed by atoms with Crippen molar-refractivity contribution in [1.82, 2.24) is 4.98 Å². The van der Waals surface area contributed by atoms with E-state index in [0.717, 1.165) is 16.8 Å². The quantitative estimate of drug-likeness (QED) is 0.460. The molecule has 0 saturated carbocycles. The molecule has 5 heteroatoms. The summed E-state index contributed by atoms with van der Waals surface area (Å²) in [6.07, 6.45) is 1.77. The van der Waals surface area contributed by atoms with E-state index in [-0.39, 0.29) is 5.97 Å². The number of hydrogen-bond acceptors (Lipinski definition) is 5. The number of aromatic nitrogens is 1. The topological polar surface area (TPSA) is 63.0 Å². The number of esters is 1. The summed E-state index contributed by atoms with van der Waals surface area (Å²) >= 11 is 1.44. The molecule has 4 nitrogen and oxygen atoms in total. The molecular weight excluding hydrogens is 356 g/mol. The zero-order valence-corrected chi connectivity index (χ0v) is 16.1. The Kier molecular flexibility index (Phi) is 5.49. The fourth-order valence-electron chi connectivity index (χ4n) is 2.57. The molecule has 27 heavy (non-hydrogen) atoms. The molecule has 134 valence electrons. The van der Waals surface area contributed by atoms with Crippen molar-refractivity contribution in [2.24, 2.45) is 0 Å². The monoisotopic (exact) mass is 374 g/mol. The molecule has 0 spiro atoms. The van der Waals surface area contributed by atoms with E-state index in [2.05, 4.69) is 37.0 Å². The standard InChI is InChI=1S/C22H18N2O2S/c1-14-4-7-18(10-15(14)2)20-13-27-21(24-20)19(12-23)11-16-5-8-17(9-6-16)22(25)26-3/h4-11,13H,1-3H3/b19-11+. The van der Waals surface area contributed by atoms with Crippen LogP contribution in [0, 0.1) is 25.2 Å². The minimum atomic E-state index is -0.385. The number of aryl methyl sites for hydroxylation is 2. The molecule has 0 bridgehead atoms. The van der Waals surface area contributed by atoms with Gasteiger partial charge in [-0.3, -0.25) is 0 Å². The second-order valence-electron chi connectivity index (χ2n) is 6.12. The third-order valence-electron chi connectivity index (χ3n) is 4.30. The number of methoxy groups -OCH3 is 1. The van der Waals surface area contributed by atoms with E-state index in [1.54, 1.807) is 30.3 Å². The van der Waals surface area contributed by atoms with Crippen LogP contribution in [0.15, 0.2) is 47.8 Å². The maximum atomic E-state index is 11.5. The first-order valence-electron chi connectivity index (χ1n) is 8.35. The molecule has 0 aliphatic heterocycles. The van der Waals surface area contributed by atoms with E-state index in [1.165, 1.54) is 29.6 Å². The molecule has 0 radical (unpaired) electrons. The van der Waals surface area contributed by atoms with Crippen LogP contribution in [0.25, 0.3) is 22.9 Å². The van der Waals surface area contributed by atoms with Crippen molar-refractivity contribution in [2.75, 3.05) is 7.11 Å². The number of allylic oxidation sites excluding steroid dienone is 1. The minimum absolute atomic E-state index is 0.385. The highest BCUT2D eigenvalue weighted by Crippen LogP contribution is 2.28. The molecule has 1 heterocycles. The van der Waals surface area contributed by atoms with Crippen molar-refractivity contribution in [2.45, 2.75) is 13.8 Å². The molecule has 0 atom stereocenters. The lowest BCUT2D eigenvalue weighted by molar-refractivity contribution is 0.0600. The van der Waals surface area contributed by atoms with Gasteiger partial charge in [-0.25, -0.2) is 9.78 Å². The molecule has 0 saturated heterocycles. The molecule has 1 aromatic heterocycles. The molecule has 0 aliphatic rings. The fraction of sp³-hybridized carbons (Fsp3) is 0.136. The van der Waals surface area contributed by atoms with Crippen molar-refractivity contribution in [3.63, 3.8) is 0 Å². The molecule has 0 unspecified atom stereocenters. The summed E-state index contributed by atoms with van der Waals surface area (Å²) in [5.74, 6) is -0.385. The van der Waals surface area contributed by atoms with E-state index in [9.17, 15) is 10.1 Å². The Morgan fingerprint density at radius 3 is 2.52 bits per heavy atom. The zero-order valence-electron chi connectivity index (χ0n) is 15.3. The van der Waals surface area contributed by atoms with Crippen LogP contribution in [-0.4, -0.2) is 18.1 Å². The summed E-state index contributed by atoms with van der Waals surface area (Å²) < 4.78 is 4.69. The van der Waals surface area contributed by atoms with Gasteiger partial charge < -0.3 is 4.74 Å². The lowest BCUT2D eigenvalue weighted by Gasteiger charge is -2.02. The Balaban J connectivity index is 1.89. The molecule has 3 aromatic rings. The van der Waals surface area contributed by atoms with Crippen molar-refractivity contribution in [3.05, 3.63) is 75.1 Å². The zero-order chi connectivity index (χ0) is 19.4. The number of carbonyl (C=O) groups is 1. The van der Waals surface area contributed by atoms with Gasteiger partial charge in [-0.2, -0.15) is 5.26 Å². The molecular formula is C22H18N2O2S. The summed E-state index contributed by atoms with van der Waals surface area (Å²) in [5, 5.41) is 12.2. The Bertz CT molecular complexity index is 1060. The summed E-state index contributed by atoms with van der Waals surface area (Å²) in [6.45, 7) is 4.15. The molecule has 0 fully saturated rings. The van der Waals surface area contributed by atoms with Crippen molar-refractivity contribution in [1.29, 1.82) is 5.26 Å². The Labute approximate surface area is 162 Å². The number of thiazole rings is 1. The van der Waals surface area contributed by atoms with Gasteiger partial charge in [0.2, 0.25) is 0 Å². The normalized spacial score (nSPS) is 11.1. The fourth-order valence-corrected chi connectivity index (χ4v) is 3.37. The number of nitriles is 1. The van der Waals surface area contributed by atoms with E-state index < -0.39 is 0 Å². The van der Waals surface area contributed by atoms with Crippen LogP contribution >= 0.6 is 11.3 Å². The molecule has 3 rings (SSSR count). The number of nitrogens with zero attached hydrogens (tertiary/aromatic N) is 2. The maximum absolute atomic E-state index is 11.5. The van der Waals surface area contributed by atoms with Crippen LogP contribution in [0.1, 0.15) is 32.1 Å². The van der Waals surface area contributed by atoms with E-state index in [0.29, 0.717) is 16.1 Å². The van der Waals surface area contributed by atoms with Gasteiger partial charge in [-0.05, 0) is 54.8 Å². The Morgan fingerprint density at radius 1 is 1.15 bits per heavy atom. The second kappa shape index (κ2) is 7.98. The largest absolute Gasteiger partial charge is 0.465 e. The van der Waals surface area contributed by atoms with Crippen molar-refractivity contribution >= 4 is 29.0 Å². The van der Waals surface area contributed by atoms with Gasteiger partial charge in [0, 0.05) is 10.9 Å². The third kappa shape index (κ3) is 4.13. The Hall–Kier alpha value is -3.23. The highest BCUT2D eigenvalue weighted by atomic mass is 32.1. The van der Waals surface area contributed by atoms with Crippen LogP contribution < -0.4 is 0 Å². The van der Waals surface area contributed by atoms with Crippen molar-refractivity contribution < 1.29 is 9.53 Å². The minimum Gasteiger partial charge on any atom is -0.465 e. The van der Waals surface area contributed by atoms with Crippen molar-refractivity contribution in [3.8, 4) is 17.3 Å². The second-order valence-corrected chi connectivity index (χ2v) is 6.98. The van der Waals surface area contributed by atoms with Gasteiger partial charge in [0.1, 0.15) is 11.1 Å². The SMILES string of the molecule is COC(=O)c1ccc(/C=C(\C#N)c2nc(-c3ccc(C)c(C)c3)cs2)cc1. The van der Waals surface area contributed by atoms with Crippen LogP contribution in [0.5, 0.6) is 0 Å². The third-order valence-corrected chi connectivity index (χ3v) is 5.18. The van der Waals surface area contributed by atoms with Gasteiger partial charge in [-0.1, -0.05) is 24.3 Å². The maximum Gasteiger partial charge on any atom is 0.337 e. The summed E-state index contributed by atoms with van der Waals surface area (Å²) in [5.41, 5.74) is 6.13. The van der Waals surface area contributed by atoms with Crippen LogP contribution in [0.4, 0.5) is 0 Å². The lowest BCUT2D eigenvalue weighted by atomic mass is 10.0. The summed E-state index contributed by atoms with van der Waals surface area (Å²) in [4.78, 5) is 16.1. The molecule has 0 aliphatic carbocycles. The molecule has 0 N–H and O–H groups in total. The van der Waals surface area contributed by atoms with E-state index >= 15 is 0 Å². The number of benzene rings is 2. The van der Waals surface area contributed by atoms with Crippen LogP contribution in [0.2, 0.25) is 0 Å². The van der Waals surface area contributed by atoms with Gasteiger partial charge in [-0.15, -0.1) is 11.3 Å². The number of carbonyl (C=O) groups excluding carboxylic acids is 1. The highest BCUT2D eigenvalue weighted by Gasteiger charge is 2.10. The highest BCUT2D eigenvalue weighted by molar-refractivity contribution is 7.11. The average Bonchev–Trinajstić information content (AvgIpc) is 3.18. The Morgan fingerprint density at radius 2 is 1.89 bits per heavy atom.